The van der Waals surface area contributed by atoms with Gasteiger partial charge in [0.1, 0.15) is 0 Å². The van der Waals surface area contributed by atoms with Crippen molar-refractivity contribution in [2.45, 2.75) is 32.7 Å². The Morgan fingerprint density at radius 1 is 1.23 bits per heavy atom. The van der Waals surface area contributed by atoms with Crippen LogP contribution in [0.1, 0.15) is 36.4 Å². The van der Waals surface area contributed by atoms with Crippen LogP contribution in [0.4, 0.5) is 4.79 Å². The van der Waals surface area contributed by atoms with E-state index in [1.807, 2.05) is 22.4 Å². The van der Waals surface area contributed by atoms with E-state index in [-0.39, 0.29) is 17.9 Å². The molecule has 1 aliphatic heterocycles. The van der Waals surface area contributed by atoms with Crippen LogP contribution >= 0.6 is 11.3 Å². The lowest BCUT2D eigenvalue weighted by atomic mass is 10.2. The molecule has 1 aromatic heterocycles. The van der Waals surface area contributed by atoms with Crippen molar-refractivity contribution in [2.75, 3.05) is 32.7 Å². The summed E-state index contributed by atoms with van der Waals surface area (Å²) in [7, 11) is 0. The third-order valence-corrected chi connectivity index (χ3v) is 5.05. The zero-order chi connectivity index (χ0) is 15.9. The number of urea groups is 1. The highest BCUT2D eigenvalue weighted by atomic mass is 32.1. The lowest BCUT2D eigenvalue weighted by Gasteiger charge is -2.35. The van der Waals surface area contributed by atoms with E-state index in [0.717, 1.165) is 30.8 Å². The van der Waals surface area contributed by atoms with E-state index in [1.165, 1.54) is 11.3 Å². The number of carbonyl (C=O) groups excluding carboxylic acids is 2. The van der Waals surface area contributed by atoms with Crippen molar-refractivity contribution in [2.24, 2.45) is 0 Å². The van der Waals surface area contributed by atoms with E-state index in [0.29, 0.717) is 19.6 Å². The van der Waals surface area contributed by atoms with Crippen molar-refractivity contribution in [3.63, 3.8) is 0 Å². The highest BCUT2D eigenvalue weighted by molar-refractivity contribution is 7.12. The van der Waals surface area contributed by atoms with Gasteiger partial charge in [0.15, 0.2) is 5.78 Å². The molecule has 122 valence electrons. The Balaban J connectivity index is 1.75. The van der Waals surface area contributed by atoms with Gasteiger partial charge in [0, 0.05) is 32.2 Å². The zero-order valence-corrected chi connectivity index (χ0v) is 14.2. The maximum atomic E-state index is 12.2. The number of thiophene rings is 1. The van der Waals surface area contributed by atoms with Crippen LogP contribution in [0.5, 0.6) is 0 Å². The van der Waals surface area contributed by atoms with Crippen LogP contribution in [-0.4, -0.2) is 60.4 Å². The molecule has 0 radical (unpaired) electrons. The quantitative estimate of drug-likeness (QED) is 0.818. The second kappa shape index (κ2) is 8.29. The maximum Gasteiger partial charge on any atom is 0.317 e. The molecule has 2 heterocycles. The molecule has 0 saturated carbocycles. The van der Waals surface area contributed by atoms with Gasteiger partial charge in [0.2, 0.25) is 0 Å². The molecular weight excluding hydrogens is 298 g/mol. The third kappa shape index (κ3) is 4.55. The number of Topliss-reactive ketones (excluding diaryl/α,β-unsaturated/α-hetero) is 1. The van der Waals surface area contributed by atoms with Crippen molar-refractivity contribution in [3.05, 3.63) is 22.4 Å². The zero-order valence-electron chi connectivity index (χ0n) is 13.4. The first-order valence-electron chi connectivity index (χ1n) is 7.98. The fourth-order valence-corrected chi connectivity index (χ4v) is 3.24. The summed E-state index contributed by atoms with van der Waals surface area (Å²) in [5.74, 6) is 0.171. The van der Waals surface area contributed by atoms with Gasteiger partial charge in [-0.15, -0.1) is 11.3 Å². The van der Waals surface area contributed by atoms with Crippen molar-refractivity contribution in [1.29, 1.82) is 0 Å². The van der Waals surface area contributed by atoms with Crippen LogP contribution in [0.15, 0.2) is 17.5 Å². The fourth-order valence-electron chi connectivity index (χ4n) is 2.59. The van der Waals surface area contributed by atoms with Crippen molar-refractivity contribution in [3.8, 4) is 0 Å². The van der Waals surface area contributed by atoms with Gasteiger partial charge < -0.3 is 10.2 Å². The Bertz CT molecular complexity index is 478. The lowest BCUT2D eigenvalue weighted by Crippen LogP contribution is -2.54. The summed E-state index contributed by atoms with van der Waals surface area (Å²) >= 11 is 1.49. The third-order valence-electron chi connectivity index (χ3n) is 4.14. The van der Waals surface area contributed by atoms with Crippen LogP contribution in [0.25, 0.3) is 0 Å². The molecule has 6 heteroatoms. The first kappa shape index (κ1) is 17.0. The lowest BCUT2D eigenvalue weighted by molar-refractivity contribution is 0.0880. The predicted octanol–water partition coefficient (Wildman–Crippen LogP) is 2.45. The average molecular weight is 323 g/mol. The van der Waals surface area contributed by atoms with Gasteiger partial charge in [-0.05, 0) is 24.3 Å². The van der Waals surface area contributed by atoms with Gasteiger partial charge in [-0.2, -0.15) is 0 Å². The minimum atomic E-state index is 0.0259. The first-order valence-corrected chi connectivity index (χ1v) is 8.86. The number of hydrogen-bond donors (Lipinski definition) is 1. The molecule has 22 heavy (non-hydrogen) atoms. The molecule has 1 saturated heterocycles. The van der Waals surface area contributed by atoms with Gasteiger partial charge in [-0.1, -0.05) is 19.9 Å². The van der Waals surface area contributed by atoms with E-state index >= 15 is 0 Å². The van der Waals surface area contributed by atoms with Crippen molar-refractivity contribution in [1.82, 2.24) is 15.1 Å². The summed E-state index contributed by atoms with van der Waals surface area (Å²) in [5, 5.41) is 4.99. The van der Waals surface area contributed by atoms with Crippen molar-refractivity contribution < 1.29 is 9.59 Å². The second-order valence-electron chi connectivity index (χ2n) is 5.63. The van der Waals surface area contributed by atoms with Crippen LogP contribution < -0.4 is 5.32 Å². The Hall–Kier alpha value is -1.40. The minimum absolute atomic E-state index is 0.0259. The summed E-state index contributed by atoms with van der Waals surface area (Å²) in [6.45, 7) is 7.50. The molecule has 0 aromatic carbocycles. The smallest absolute Gasteiger partial charge is 0.317 e. The number of rotatable bonds is 6. The van der Waals surface area contributed by atoms with Gasteiger partial charge in [0.05, 0.1) is 11.4 Å². The molecule has 0 atom stereocenters. The number of hydrogen-bond acceptors (Lipinski definition) is 4. The standard InChI is InChI=1S/C16H25N3O2S/c1-3-13(4-2)17-16(21)19-9-7-18(8-10-19)12-14(20)15-6-5-11-22-15/h5-6,11,13H,3-4,7-10,12H2,1-2H3,(H,17,21). The van der Waals surface area contributed by atoms with E-state index in [9.17, 15) is 9.59 Å². The fraction of sp³-hybridized carbons (Fsp3) is 0.625. The molecule has 1 fully saturated rings. The average Bonchev–Trinajstić information content (AvgIpc) is 3.07. The highest BCUT2D eigenvalue weighted by Gasteiger charge is 2.23. The number of piperazine rings is 1. The van der Waals surface area contributed by atoms with Crippen LogP contribution in [0.3, 0.4) is 0 Å². The molecule has 1 aromatic rings. The number of ketones is 1. The van der Waals surface area contributed by atoms with Gasteiger partial charge >= 0.3 is 6.03 Å². The van der Waals surface area contributed by atoms with Crippen molar-refractivity contribution >= 4 is 23.2 Å². The molecule has 0 unspecified atom stereocenters. The van der Waals surface area contributed by atoms with E-state index in [2.05, 4.69) is 24.1 Å². The molecular formula is C16H25N3O2S. The highest BCUT2D eigenvalue weighted by Crippen LogP contribution is 2.11. The molecule has 5 nitrogen and oxygen atoms in total. The molecule has 1 aliphatic rings. The largest absolute Gasteiger partial charge is 0.335 e. The Kier molecular flexibility index (Phi) is 6.39. The molecule has 0 aliphatic carbocycles. The van der Waals surface area contributed by atoms with Gasteiger partial charge in [0.25, 0.3) is 0 Å². The topological polar surface area (TPSA) is 52.7 Å². The summed E-state index contributed by atoms with van der Waals surface area (Å²) in [6, 6.07) is 4.05. The van der Waals surface area contributed by atoms with E-state index in [1.54, 1.807) is 0 Å². The molecule has 1 N–H and O–H groups in total. The summed E-state index contributed by atoms with van der Waals surface area (Å²) < 4.78 is 0. The van der Waals surface area contributed by atoms with Gasteiger partial charge in [-0.3, -0.25) is 9.69 Å². The Morgan fingerprint density at radius 3 is 2.45 bits per heavy atom. The number of nitrogens with one attached hydrogen (secondary N) is 1. The van der Waals surface area contributed by atoms with Gasteiger partial charge in [-0.25, -0.2) is 4.79 Å². The minimum Gasteiger partial charge on any atom is -0.335 e. The Labute approximate surface area is 136 Å². The predicted molar refractivity (Wildman–Crippen MR) is 89.6 cm³/mol. The summed E-state index contributed by atoms with van der Waals surface area (Å²) in [4.78, 5) is 29.1. The molecule has 2 amide bonds. The van der Waals surface area contributed by atoms with Crippen LogP contribution in [-0.2, 0) is 0 Å². The monoisotopic (exact) mass is 323 g/mol. The summed E-state index contributed by atoms with van der Waals surface area (Å²) in [5.41, 5.74) is 0. The molecule has 2 rings (SSSR count). The Morgan fingerprint density at radius 2 is 1.91 bits per heavy atom. The normalized spacial score (nSPS) is 16.0. The number of carbonyl (C=O) groups is 2. The van der Waals surface area contributed by atoms with E-state index < -0.39 is 0 Å². The van der Waals surface area contributed by atoms with Crippen LogP contribution in [0, 0.1) is 0 Å². The maximum absolute atomic E-state index is 12.2. The molecule has 0 bridgehead atoms. The number of nitrogens with zero attached hydrogens (tertiary/aromatic N) is 2. The molecule has 0 spiro atoms. The first-order chi connectivity index (χ1) is 10.6. The second-order valence-corrected chi connectivity index (χ2v) is 6.57. The summed E-state index contributed by atoms with van der Waals surface area (Å²) in [6.07, 6.45) is 1.91. The van der Waals surface area contributed by atoms with E-state index in [4.69, 9.17) is 0 Å². The van der Waals surface area contributed by atoms with Crippen LogP contribution in [0.2, 0.25) is 0 Å². The number of amides is 2. The SMILES string of the molecule is CCC(CC)NC(=O)N1CCN(CC(=O)c2cccs2)CC1.